The fourth-order valence-corrected chi connectivity index (χ4v) is 1.69. The molecule has 2 rings (SSSR count). The minimum atomic E-state index is 0.461. The van der Waals surface area contributed by atoms with Crippen molar-refractivity contribution in [1.82, 2.24) is 4.98 Å². The van der Waals surface area contributed by atoms with Gasteiger partial charge in [-0.25, -0.2) is 4.98 Å². The van der Waals surface area contributed by atoms with Crippen LogP contribution in [-0.4, -0.2) is 4.98 Å². The van der Waals surface area contributed by atoms with Gasteiger partial charge in [-0.05, 0) is 30.7 Å². The number of benzene rings is 1. The third-order valence-electron chi connectivity index (χ3n) is 2.28. The van der Waals surface area contributed by atoms with Crippen LogP contribution >= 0.6 is 11.6 Å². The first-order valence-corrected chi connectivity index (χ1v) is 5.67. The van der Waals surface area contributed by atoms with E-state index in [1.807, 2.05) is 31.2 Å². The van der Waals surface area contributed by atoms with Gasteiger partial charge in [0.25, 0.3) is 0 Å². The summed E-state index contributed by atoms with van der Waals surface area (Å²) in [4.78, 5) is 4.28. The van der Waals surface area contributed by atoms with E-state index in [4.69, 9.17) is 22.1 Å². The van der Waals surface area contributed by atoms with E-state index >= 15 is 0 Å². The summed E-state index contributed by atoms with van der Waals surface area (Å²) >= 11 is 6.01. The second kappa shape index (κ2) is 5.17. The van der Waals surface area contributed by atoms with Gasteiger partial charge in [-0.3, -0.25) is 0 Å². The van der Waals surface area contributed by atoms with Crippen molar-refractivity contribution in [2.45, 2.75) is 13.5 Å². The summed E-state index contributed by atoms with van der Waals surface area (Å²) in [6, 6.07) is 11.0. The van der Waals surface area contributed by atoms with Crippen LogP contribution in [-0.2, 0) is 6.54 Å². The van der Waals surface area contributed by atoms with Crippen LogP contribution in [0.2, 0.25) is 5.02 Å². The molecule has 4 heteroatoms. The van der Waals surface area contributed by atoms with Gasteiger partial charge in [0.05, 0.1) is 5.02 Å². The van der Waals surface area contributed by atoms with Crippen LogP contribution in [0.5, 0.6) is 11.6 Å². The van der Waals surface area contributed by atoms with Crippen LogP contribution in [0.1, 0.15) is 11.3 Å². The van der Waals surface area contributed by atoms with E-state index < -0.39 is 0 Å². The van der Waals surface area contributed by atoms with Crippen LogP contribution in [0.25, 0.3) is 0 Å². The summed E-state index contributed by atoms with van der Waals surface area (Å²) in [5.41, 5.74) is 7.46. The maximum absolute atomic E-state index is 6.01. The Morgan fingerprint density at radius 2 is 2.06 bits per heavy atom. The summed E-state index contributed by atoms with van der Waals surface area (Å²) < 4.78 is 5.63. The van der Waals surface area contributed by atoms with Crippen LogP contribution < -0.4 is 10.5 Å². The van der Waals surface area contributed by atoms with Gasteiger partial charge in [-0.1, -0.05) is 23.7 Å². The van der Waals surface area contributed by atoms with Gasteiger partial charge in [-0.2, -0.15) is 0 Å². The first-order valence-electron chi connectivity index (χ1n) is 5.29. The summed E-state index contributed by atoms with van der Waals surface area (Å²) in [6.45, 7) is 2.36. The second-order valence-electron chi connectivity index (χ2n) is 3.69. The number of aryl methyl sites for hydroxylation is 1. The number of nitrogens with zero attached hydrogens (tertiary/aromatic N) is 1. The van der Waals surface area contributed by atoms with Crippen LogP contribution in [0.4, 0.5) is 0 Å². The predicted octanol–water partition coefficient (Wildman–Crippen LogP) is 3.29. The summed E-state index contributed by atoms with van der Waals surface area (Å²) in [7, 11) is 0. The fraction of sp³-hybridized carbons (Fsp3) is 0.154. The van der Waals surface area contributed by atoms with Crippen molar-refractivity contribution < 1.29 is 4.74 Å². The first kappa shape index (κ1) is 11.9. The van der Waals surface area contributed by atoms with E-state index in [0.29, 0.717) is 23.2 Å². The summed E-state index contributed by atoms with van der Waals surface area (Å²) in [5.74, 6) is 1.11. The average Bonchev–Trinajstić information content (AvgIpc) is 2.31. The molecule has 1 heterocycles. The van der Waals surface area contributed by atoms with E-state index in [-0.39, 0.29) is 0 Å². The van der Waals surface area contributed by atoms with Gasteiger partial charge in [0.15, 0.2) is 0 Å². The van der Waals surface area contributed by atoms with Crippen LogP contribution in [0.3, 0.4) is 0 Å². The van der Waals surface area contributed by atoms with Gasteiger partial charge >= 0.3 is 0 Å². The molecule has 0 fully saturated rings. The number of hydrogen-bond acceptors (Lipinski definition) is 3. The number of aromatic nitrogens is 1. The zero-order valence-corrected chi connectivity index (χ0v) is 10.2. The highest BCUT2D eigenvalue weighted by Crippen LogP contribution is 2.28. The lowest BCUT2D eigenvalue weighted by Gasteiger charge is -2.08. The Morgan fingerprint density at radius 1 is 1.29 bits per heavy atom. The standard InChI is InChI=1S/C13H13ClN2O/c1-9-6-10(8-15)7-13(16-9)17-12-5-3-2-4-11(12)14/h2-7H,8,15H2,1H3. The first-order chi connectivity index (χ1) is 8.19. The summed E-state index contributed by atoms with van der Waals surface area (Å²) in [5, 5.41) is 0.560. The van der Waals surface area contributed by atoms with Crippen LogP contribution in [0.15, 0.2) is 36.4 Å². The third-order valence-corrected chi connectivity index (χ3v) is 2.59. The second-order valence-corrected chi connectivity index (χ2v) is 4.10. The number of para-hydroxylation sites is 1. The normalized spacial score (nSPS) is 10.3. The zero-order valence-electron chi connectivity index (χ0n) is 9.48. The number of halogens is 1. The topological polar surface area (TPSA) is 48.1 Å². The number of pyridine rings is 1. The van der Waals surface area contributed by atoms with Gasteiger partial charge in [0.2, 0.25) is 5.88 Å². The molecule has 0 bridgehead atoms. The molecule has 0 radical (unpaired) electrons. The quantitative estimate of drug-likeness (QED) is 0.907. The SMILES string of the molecule is Cc1cc(CN)cc(Oc2ccccc2Cl)n1. The van der Waals surface area contributed by atoms with Crippen molar-refractivity contribution in [1.29, 1.82) is 0 Å². The van der Waals surface area contributed by atoms with Gasteiger partial charge < -0.3 is 10.5 Å². The van der Waals surface area contributed by atoms with Gasteiger partial charge in [0.1, 0.15) is 5.75 Å². The molecule has 1 aromatic heterocycles. The number of nitrogens with two attached hydrogens (primary N) is 1. The Kier molecular flexibility index (Phi) is 3.61. The molecular formula is C13H13ClN2O. The van der Waals surface area contributed by atoms with Crippen molar-refractivity contribution in [2.24, 2.45) is 5.73 Å². The molecule has 0 aliphatic rings. The van der Waals surface area contributed by atoms with Crippen molar-refractivity contribution >= 4 is 11.6 Å². The Morgan fingerprint density at radius 3 is 2.76 bits per heavy atom. The van der Waals surface area contributed by atoms with Crippen LogP contribution in [0, 0.1) is 6.92 Å². The molecule has 3 nitrogen and oxygen atoms in total. The summed E-state index contributed by atoms with van der Waals surface area (Å²) in [6.07, 6.45) is 0. The van der Waals surface area contributed by atoms with E-state index in [0.717, 1.165) is 11.3 Å². The third kappa shape index (κ3) is 2.96. The Bertz CT molecular complexity index is 529. The number of rotatable bonds is 3. The molecule has 0 saturated heterocycles. The molecule has 2 aromatic rings. The van der Waals surface area contributed by atoms with Crippen molar-refractivity contribution in [2.75, 3.05) is 0 Å². The smallest absolute Gasteiger partial charge is 0.219 e. The Labute approximate surface area is 105 Å². The molecule has 0 atom stereocenters. The van der Waals surface area contributed by atoms with E-state index in [1.165, 1.54) is 0 Å². The maximum atomic E-state index is 6.01. The molecule has 17 heavy (non-hydrogen) atoms. The average molecular weight is 249 g/mol. The van der Waals surface area contributed by atoms with E-state index in [1.54, 1.807) is 12.1 Å². The highest BCUT2D eigenvalue weighted by molar-refractivity contribution is 6.32. The predicted molar refractivity (Wildman–Crippen MR) is 68.4 cm³/mol. The molecule has 0 amide bonds. The van der Waals surface area contributed by atoms with Crippen molar-refractivity contribution in [3.63, 3.8) is 0 Å². The zero-order chi connectivity index (χ0) is 12.3. The molecule has 0 unspecified atom stereocenters. The molecule has 2 N–H and O–H groups in total. The molecule has 0 spiro atoms. The Hall–Kier alpha value is -1.58. The minimum Gasteiger partial charge on any atom is -0.437 e. The van der Waals surface area contributed by atoms with Gasteiger partial charge in [0, 0.05) is 18.3 Å². The molecule has 0 aliphatic carbocycles. The monoisotopic (exact) mass is 248 g/mol. The lowest BCUT2D eigenvalue weighted by atomic mass is 10.2. The molecule has 1 aromatic carbocycles. The largest absolute Gasteiger partial charge is 0.437 e. The number of hydrogen-bond donors (Lipinski definition) is 1. The van der Waals surface area contributed by atoms with E-state index in [9.17, 15) is 0 Å². The molecule has 0 aliphatic heterocycles. The minimum absolute atomic E-state index is 0.461. The molecular weight excluding hydrogens is 236 g/mol. The lowest BCUT2D eigenvalue weighted by molar-refractivity contribution is 0.461. The fourth-order valence-electron chi connectivity index (χ4n) is 1.52. The van der Waals surface area contributed by atoms with E-state index in [2.05, 4.69) is 4.98 Å². The van der Waals surface area contributed by atoms with Gasteiger partial charge in [-0.15, -0.1) is 0 Å². The highest BCUT2D eigenvalue weighted by atomic mass is 35.5. The molecule has 88 valence electrons. The van der Waals surface area contributed by atoms with Crippen molar-refractivity contribution in [3.8, 4) is 11.6 Å². The Balaban J connectivity index is 2.30. The maximum Gasteiger partial charge on any atom is 0.219 e. The van der Waals surface area contributed by atoms with Crippen molar-refractivity contribution in [3.05, 3.63) is 52.7 Å². The lowest BCUT2D eigenvalue weighted by Crippen LogP contribution is -1.99. The number of ether oxygens (including phenoxy) is 1. The highest BCUT2D eigenvalue weighted by Gasteiger charge is 2.04. The molecule has 0 saturated carbocycles.